The minimum absolute atomic E-state index is 0.639. The molecule has 0 N–H and O–H groups in total. The molecular weight excluding hydrogens is 1340 g/mol. The number of furan rings is 3. The highest BCUT2D eigenvalue weighted by Crippen LogP contribution is 2.45. The van der Waals surface area contributed by atoms with Gasteiger partial charge >= 0.3 is 0 Å². The van der Waals surface area contributed by atoms with Crippen molar-refractivity contribution in [2.75, 3.05) is 0 Å². The van der Waals surface area contributed by atoms with Crippen molar-refractivity contribution in [1.29, 1.82) is 0 Å². The lowest BCUT2D eigenvalue weighted by atomic mass is 9.98. The first-order valence-corrected chi connectivity index (χ1v) is 37.4. The van der Waals surface area contributed by atoms with Gasteiger partial charge in [-0.05, 0) is 219 Å². The van der Waals surface area contributed by atoms with Crippen molar-refractivity contribution in [1.82, 2.24) is 23.7 Å². The second-order valence-corrected chi connectivity index (χ2v) is 29.2. The Kier molecular flexibility index (Phi) is 12.8. The Labute approximate surface area is 628 Å². The molecule has 24 rings (SSSR count). The lowest BCUT2D eigenvalue weighted by molar-refractivity contribution is 0.668. The molecule has 0 fully saturated rings. The van der Waals surface area contributed by atoms with E-state index in [2.05, 4.69) is 335 Å². The Morgan fingerprint density at radius 3 is 0.982 bits per heavy atom. The molecule has 0 aliphatic heterocycles. The fourth-order valence-corrected chi connectivity index (χ4v) is 17.8. The summed E-state index contributed by atoms with van der Waals surface area (Å²) in [6.45, 7) is 0. The van der Waals surface area contributed by atoms with Gasteiger partial charge in [0, 0.05) is 98.2 Å². The number of rotatable bonds is 9. The van der Waals surface area contributed by atoms with E-state index in [-0.39, 0.29) is 0 Å². The number of fused-ring (bicyclic) bond motifs is 20. The van der Waals surface area contributed by atoms with E-state index in [4.69, 9.17) is 23.2 Å². The third kappa shape index (κ3) is 9.27. The SMILES string of the molecule is c1cc(-c2ccc3nc(-c4cccc(-n5c6ccccc6c6cc(-c7ccc8oc9ccccc9c8c7)ccc65)c4)nc(-c4ccc5cc(-n6c7ccccc7c7cc(-c8ccc9oc%10ccccc%10c9c8)ccc76)ccc5c4)c3c2)cc(-n2c3ccccc3c3cc(-c4ccc5oc6ccccc6c5c4)ccc32)c1. The van der Waals surface area contributed by atoms with Crippen LogP contribution in [-0.4, -0.2) is 23.7 Å². The molecule has 8 heteroatoms. The highest BCUT2D eigenvalue weighted by atomic mass is 16.3. The molecule has 0 spiro atoms. The van der Waals surface area contributed by atoms with E-state index >= 15 is 0 Å². The second kappa shape index (κ2) is 23.3. The van der Waals surface area contributed by atoms with Crippen molar-refractivity contribution >= 4 is 153 Å². The highest BCUT2D eigenvalue weighted by molar-refractivity contribution is 6.16. The third-order valence-corrected chi connectivity index (χ3v) is 23.0. The quantitative estimate of drug-likeness (QED) is 0.144. The molecule has 7 heterocycles. The standard InChI is InChI=1S/C102H59N5O3/c1-7-25-89-75(19-1)81-53-64(67-38-46-98-84(56-67)78-22-4-10-28-95(78)108-98)35-43-92(81)105(89)72-17-13-15-60(50-72)63-34-42-88-87(59-63)101(104-102(103-88)71-16-14-18-73(52-71)106-90-26-8-2-20-76(90)82-54-65(36-44-93(82)106)68-39-47-99-85(57-68)79-23-5-11-29-96(79)109-99)70-32-31-62-51-74(41-33-61(62)49-70)107-91-27-9-3-21-77(91)83-55-66(37-45-94(83)107)69-40-48-100-86(58-69)80-24-6-12-30-97(80)110-100/h1-59H. The summed E-state index contributed by atoms with van der Waals surface area (Å²) in [5.41, 5.74) is 28.0. The summed E-state index contributed by atoms with van der Waals surface area (Å²) >= 11 is 0. The van der Waals surface area contributed by atoms with Crippen LogP contribution in [0.25, 0.3) is 237 Å². The van der Waals surface area contributed by atoms with Crippen LogP contribution in [0.4, 0.5) is 0 Å². The van der Waals surface area contributed by atoms with Gasteiger partial charge < -0.3 is 27.0 Å². The topological polar surface area (TPSA) is 80.0 Å². The van der Waals surface area contributed by atoms with Gasteiger partial charge in [0.2, 0.25) is 0 Å². The smallest absolute Gasteiger partial charge is 0.160 e. The van der Waals surface area contributed by atoms with Crippen LogP contribution in [0.5, 0.6) is 0 Å². The monoisotopic (exact) mass is 1400 g/mol. The summed E-state index contributed by atoms with van der Waals surface area (Å²) in [5, 5.41) is 17.0. The molecule has 110 heavy (non-hydrogen) atoms. The first kappa shape index (κ1) is 60.4. The Morgan fingerprint density at radius 1 is 0.182 bits per heavy atom. The lowest BCUT2D eigenvalue weighted by Gasteiger charge is -2.14. The van der Waals surface area contributed by atoms with E-state index in [0.717, 1.165) is 199 Å². The van der Waals surface area contributed by atoms with Gasteiger partial charge in [0.05, 0.1) is 44.3 Å². The maximum atomic E-state index is 6.25. The highest BCUT2D eigenvalue weighted by Gasteiger charge is 2.22. The van der Waals surface area contributed by atoms with Crippen LogP contribution < -0.4 is 0 Å². The van der Waals surface area contributed by atoms with Gasteiger partial charge in [-0.25, -0.2) is 9.97 Å². The van der Waals surface area contributed by atoms with Crippen molar-refractivity contribution in [3.05, 3.63) is 358 Å². The summed E-state index contributed by atoms with van der Waals surface area (Å²) in [7, 11) is 0. The van der Waals surface area contributed by atoms with Crippen LogP contribution in [-0.2, 0) is 0 Å². The van der Waals surface area contributed by atoms with E-state index in [1.54, 1.807) is 0 Å². The molecule has 0 aliphatic carbocycles. The molecule has 0 aliphatic rings. The van der Waals surface area contributed by atoms with Crippen molar-refractivity contribution in [2.45, 2.75) is 0 Å². The fourth-order valence-electron chi connectivity index (χ4n) is 17.8. The molecule has 0 amide bonds. The van der Waals surface area contributed by atoms with Crippen LogP contribution in [0.2, 0.25) is 0 Å². The lowest BCUT2D eigenvalue weighted by Crippen LogP contribution is -1.98. The Hall–Kier alpha value is -14.9. The predicted octanol–water partition coefficient (Wildman–Crippen LogP) is 27.8. The normalized spacial score (nSPS) is 12.2. The van der Waals surface area contributed by atoms with Crippen LogP contribution in [0.1, 0.15) is 0 Å². The largest absolute Gasteiger partial charge is 0.456 e. The van der Waals surface area contributed by atoms with Gasteiger partial charge in [0.1, 0.15) is 33.5 Å². The van der Waals surface area contributed by atoms with Crippen LogP contribution >= 0.6 is 0 Å². The summed E-state index contributed by atoms with van der Waals surface area (Å²) in [5.74, 6) is 0.639. The van der Waals surface area contributed by atoms with Gasteiger partial charge in [-0.2, -0.15) is 0 Å². The van der Waals surface area contributed by atoms with Crippen molar-refractivity contribution < 1.29 is 13.3 Å². The van der Waals surface area contributed by atoms with Gasteiger partial charge in [0.15, 0.2) is 5.82 Å². The second-order valence-electron chi connectivity index (χ2n) is 29.2. The molecule has 24 aromatic rings. The van der Waals surface area contributed by atoms with E-state index in [0.29, 0.717) is 5.82 Å². The maximum absolute atomic E-state index is 6.25. The van der Waals surface area contributed by atoms with Gasteiger partial charge in [0.25, 0.3) is 0 Å². The summed E-state index contributed by atoms with van der Waals surface area (Å²) in [6, 6.07) is 129. The molecule has 0 radical (unpaired) electrons. The average molecular weight is 1400 g/mol. The number of hydrogen-bond acceptors (Lipinski definition) is 5. The molecule has 0 unspecified atom stereocenters. The van der Waals surface area contributed by atoms with Gasteiger partial charge in [-0.15, -0.1) is 0 Å². The average Bonchev–Trinajstić information content (AvgIpc) is 1.57. The Bertz CT molecular complexity index is 8070. The molecule has 0 atom stereocenters. The summed E-state index contributed by atoms with van der Waals surface area (Å²) in [6.07, 6.45) is 0. The van der Waals surface area contributed by atoms with Crippen LogP contribution in [0.3, 0.4) is 0 Å². The first-order valence-electron chi connectivity index (χ1n) is 37.4. The minimum atomic E-state index is 0.639. The number of nitrogens with zero attached hydrogens (tertiary/aromatic N) is 5. The molecule has 8 nitrogen and oxygen atoms in total. The maximum Gasteiger partial charge on any atom is 0.160 e. The van der Waals surface area contributed by atoms with E-state index in [9.17, 15) is 0 Å². The van der Waals surface area contributed by atoms with Crippen molar-refractivity contribution in [3.8, 4) is 84.2 Å². The third-order valence-electron chi connectivity index (χ3n) is 23.0. The Morgan fingerprint density at radius 2 is 0.509 bits per heavy atom. The molecule has 0 saturated carbocycles. The number of benzene rings is 17. The molecular formula is C102H59N5O3. The summed E-state index contributed by atoms with van der Waals surface area (Å²) in [4.78, 5) is 11.3. The zero-order valence-corrected chi connectivity index (χ0v) is 59.0. The number of para-hydroxylation sites is 6. The van der Waals surface area contributed by atoms with E-state index in [1.165, 1.54) is 32.3 Å². The van der Waals surface area contributed by atoms with E-state index < -0.39 is 0 Å². The van der Waals surface area contributed by atoms with Crippen molar-refractivity contribution in [3.63, 3.8) is 0 Å². The Balaban J connectivity index is 0.630. The zero-order valence-electron chi connectivity index (χ0n) is 59.0. The number of hydrogen-bond donors (Lipinski definition) is 0. The minimum Gasteiger partial charge on any atom is -0.456 e. The molecule has 0 saturated heterocycles. The van der Waals surface area contributed by atoms with Crippen molar-refractivity contribution in [2.24, 2.45) is 0 Å². The van der Waals surface area contributed by atoms with Gasteiger partial charge in [-0.3, -0.25) is 0 Å². The first-order chi connectivity index (χ1) is 54.4. The molecule has 7 aromatic heterocycles. The fraction of sp³-hybridized carbons (Fsp3) is 0. The van der Waals surface area contributed by atoms with E-state index in [1.807, 2.05) is 36.4 Å². The molecule has 0 bridgehead atoms. The van der Waals surface area contributed by atoms with Gasteiger partial charge in [-0.1, -0.05) is 194 Å². The zero-order chi connectivity index (χ0) is 71.8. The molecule has 17 aromatic carbocycles. The summed E-state index contributed by atoms with van der Waals surface area (Å²) < 4.78 is 25.9. The number of aromatic nitrogens is 5. The predicted molar refractivity (Wildman–Crippen MR) is 455 cm³/mol. The molecule has 510 valence electrons. The van der Waals surface area contributed by atoms with Crippen LogP contribution in [0.15, 0.2) is 371 Å². The van der Waals surface area contributed by atoms with Crippen LogP contribution in [0, 0.1) is 0 Å².